The zero-order valence-corrected chi connectivity index (χ0v) is 13.6. The van der Waals surface area contributed by atoms with Gasteiger partial charge in [-0.2, -0.15) is 0 Å². The Labute approximate surface area is 146 Å². The molecule has 3 rings (SSSR count). The minimum Gasteiger partial charge on any atom is -0.478 e. The third-order valence-corrected chi connectivity index (χ3v) is 4.49. The number of hydrogen-bond acceptors (Lipinski definition) is 4. The summed E-state index contributed by atoms with van der Waals surface area (Å²) in [4.78, 5) is 36.7. The van der Waals surface area contributed by atoms with Crippen LogP contribution in [0, 0.1) is 5.82 Å². The first-order chi connectivity index (χ1) is 11.9. The number of rotatable bonds is 4. The molecule has 0 radical (unpaired) electrons. The van der Waals surface area contributed by atoms with E-state index in [4.69, 9.17) is 5.11 Å². The van der Waals surface area contributed by atoms with Gasteiger partial charge in [-0.25, -0.2) is 9.18 Å². The van der Waals surface area contributed by atoms with E-state index < -0.39 is 17.1 Å². The SMILES string of the molecule is O=C(O)c1ccc(/C=C2/SC(=O)N(Cc3ccc(F)cc3)C2=O)cc1. The summed E-state index contributed by atoms with van der Waals surface area (Å²) in [5.74, 6) is -1.85. The molecule has 0 saturated carbocycles. The van der Waals surface area contributed by atoms with E-state index in [1.165, 1.54) is 36.4 Å². The van der Waals surface area contributed by atoms with Gasteiger partial charge in [0.25, 0.3) is 11.1 Å². The number of benzene rings is 2. The van der Waals surface area contributed by atoms with Crippen molar-refractivity contribution < 1.29 is 23.9 Å². The van der Waals surface area contributed by atoms with Crippen LogP contribution in [0.5, 0.6) is 0 Å². The van der Waals surface area contributed by atoms with Gasteiger partial charge in [-0.3, -0.25) is 14.5 Å². The summed E-state index contributed by atoms with van der Waals surface area (Å²) in [7, 11) is 0. The number of carbonyl (C=O) groups is 3. The fraction of sp³-hybridized carbons (Fsp3) is 0.0556. The Kier molecular flexibility index (Phi) is 4.67. The predicted octanol–water partition coefficient (Wildman–Crippen LogP) is 3.76. The predicted molar refractivity (Wildman–Crippen MR) is 91.3 cm³/mol. The molecule has 0 aromatic heterocycles. The van der Waals surface area contributed by atoms with Crippen LogP contribution < -0.4 is 0 Å². The highest BCUT2D eigenvalue weighted by atomic mass is 32.2. The Balaban J connectivity index is 1.78. The van der Waals surface area contributed by atoms with Crippen LogP contribution in [0.2, 0.25) is 0 Å². The normalized spacial score (nSPS) is 15.9. The number of carbonyl (C=O) groups excluding carboxylic acids is 2. The number of carboxylic acids is 1. The molecule has 0 spiro atoms. The number of hydrogen-bond donors (Lipinski definition) is 1. The monoisotopic (exact) mass is 357 g/mol. The molecule has 1 saturated heterocycles. The highest BCUT2D eigenvalue weighted by Gasteiger charge is 2.34. The molecule has 1 aliphatic rings. The van der Waals surface area contributed by atoms with E-state index in [1.54, 1.807) is 18.2 Å². The van der Waals surface area contributed by atoms with Crippen molar-refractivity contribution in [3.05, 3.63) is 75.9 Å². The third-order valence-electron chi connectivity index (χ3n) is 3.58. The van der Waals surface area contributed by atoms with Crippen molar-refractivity contribution in [3.8, 4) is 0 Å². The molecule has 0 bridgehead atoms. The molecule has 5 nitrogen and oxygen atoms in total. The molecule has 1 aliphatic heterocycles. The molecule has 126 valence electrons. The quantitative estimate of drug-likeness (QED) is 0.844. The number of halogens is 1. The van der Waals surface area contributed by atoms with E-state index in [2.05, 4.69) is 0 Å². The number of nitrogens with zero attached hydrogens (tertiary/aromatic N) is 1. The van der Waals surface area contributed by atoms with E-state index in [0.717, 1.165) is 16.7 Å². The first-order valence-corrected chi connectivity index (χ1v) is 8.09. The Morgan fingerprint density at radius 1 is 1.08 bits per heavy atom. The summed E-state index contributed by atoms with van der Waals surface area (Å²) in [6.45, 7) is 0.0697. The minimum atomic E-state index is -1.04. The molecule has 1 fully saturated rings. The molecular weight excluding hydrogens is 345 g/mol. The van der Waals surface area contributed by atoms with Crippen molar-refractivity contribution in [1.29, 1.82) is 0 Å². The van der Waals surface area contributed by atoms with Gasteiger partial charge in [-0.05, 0) is 53.2 Å². The lowest BCUT2D eigenvalue weighted by Gasteiger charge is -2.12. The standard InChI is InChI=1S/C18H12FNO4S/c19-14-7-3-12(4-8-14)10-20-16(21)15(25-18(20)24)9-11-1-5-13(6-2-11)17(22)23/h1-9H,10H2,(H,22,23)/b15-9+. The van der Waals surface area contributed by atoms with Gasteiger partial charge >= 0.3 is 5.97 Å². The van der Waals surface area contributed by atoms with Gasteiger partial charge in [0.05, 0.1) is 17.0 Å². The Morgan fingerprint density at radius 3 is 2.32 bits per heavy atom. The van der Waals surface area contributed by atoms with Crippen LogP contribution in [0.4, 0.5) is 9.18 Å². The third kappa shape index (κ3) is 3.77. The molecule has 0 aliphatic carbocycles. The molecule has 0 atom stereocenters. The average molecular weight is 357 g/mol. The number of aromatic carboxylic acids is 1. The van der Waals surface area contributed by atoms with Crippen molar-refractivity contribution in [2.45, 2.75) is 6.54 Å². The zero-order chi connectivity index (χ0) is 18.0. The van der Waals surface area contributed by atoms with E-state index in [0.29, 0.717) is 11.1 Å². The second-order valence-corrected chi connectivity index (χ2v) is 6.31. The zero-order valence-electron chi connectivity index (χ0n) is 12.8. The van der Waals surface area contributed by atoms with Crippen molar-refractivity contribution in [1.82, 2.24) is 4.90 Å². The second-order valence-electron chi connectivity index (χ2n) is 5.32. The van der Waals surface area contributed by atoms with Crippen LogP contribution in [0.25, 0.3) is 6.08 Å². The van der Waals surface area contributed by atoms with Crippen LogP contribution in [-0.4, -0.2) is 27.1 Å². The van der Waals surface area contributed by atoms with Crippen LogP contribution in [0.15, 0.2) is 53.4 Å². The maximum absolute atomic E-state index is 12.9. The molecule has 0 unspecified atom stereocenters. The summed E-state index contributed by atoms with van der Waals surface area (Å²) in [6, 6.07) is 11.6. The molecule has 25 heavy (non-hydrogen) atoms. The molecule has 2 amide bonds. The Hall–Kier alpha value is -2.93. The van der Waals surface area contributed by atoms with Crippen LogP contribution in [0.3, 0.4) is 0 Å². The maximum atomic E-state index is 12.9. The minimum absolute atomic E-state index is 0.0697. The fourth-order valence-corrected chi connectivity index (χ4v) is 3.12. The maximum Gasteiger partial charge on any atom is 0.335 e. The number of carboxylic acid groups (broad SMARTS) is 1. The average Bonchev–Trinajstić information content (AvgIpc) is 2.85. The topological polar surface area (TPSA) is 74.7 Å². The molecule has 2 aromatic carbocycles. The first kappa shape index (κ1) is 16.9. The van der Waals surface area contributed by atoms with Crippen LogP contribution >= 0.6 is 11.8 Å². The van der Waals surface area contributed by atoms with Gasteiger partial charge in [0.1, 0.15) is 5.82 Å². The van der Waals surface area contributed by atoms with Gasteiger partial charge in [0, 0.05) is 0 Å². The summed E-state index contributed by atoms with van der Waals surface area (Å²) in [5, 5.41) is 8.48. The highest BCUT2D eigenvalue weighted by Crippen LogP contribution is 2.33. The van der Waals surface area contributed by atoms with Crippen LogP contribution in [-0.2, 0) is 11.3 Å². The van der Waals surface area contributed by atoms with Crippen LogP contribution in [0.1, 0.15) is 21.5 Å². The molecule has 7 heteroatoms. The molecular formula is C18H12FNO4S. The summed E-state index contributed by atoms with van der Waals surface area (Å²) in [5.41, 5.74) is 1.41. The van der Waals surface area contributed by atoms with Gasteiger partial charge < -0.3 is 5.11 Å². The van der Waals surface area contributed by atoms with Crippen molar-refractivity contribution >= 4 is 35.0 Å². The Bertz CT molecular complexity index is 875. The highest BCUT2D eigenvalue weighted by molar-refractivity contribution is 8.18. The fourth-order valence-electron chi connectivity index (χ4n) is 2.28. The lowest BCUT2D eigenvalue weighted by molar-refractivity contribution is -0.123. The first-order valence-electron chi connectivity index (χ1n) is 7.27. The van der Waals surface area contributed by atoms with Crippen molar-refractivity contribution in [2.24, 2.45) is 0 Å². The molecule has 1 N–H and O–H groups in total. The molecule has 2 aromatic rings. The summed E-state index contributed by atoms with van der Waals surface area (Å²) < 4.78 is 12.9. The van der Waals surface area contributed by atoms with Gasteiger partial charge in [0.15, 0.2) is 0 Å². The van der Waals surface area contributed by atoms with Gasteiger partial charge in [-0.1, -0.05) is 24.3 Å². The number of thioether (sulfide) groups is 1. The van der Waals surface area contributed by atoms with Crippen molar-refractivity contribution in [2.75, 3.05) is 0 Å². The largest absolute Gasteiger partial charge is 0.478 e. The second kappa shape index (κ2) is 6.90. The lowest BCUT2D eigenvalue weighted by Crippen LogP contribution is -2.27. The smallest absolute Gasteiger partial charge is 0.335 e. The van der Waals surface area contributed by atoms with E-state index in [1.807, 2.05) is 0 Å². The van der Waals surface area contributed by atoms with Gasteiger partial charge in [-0.15, -0.1) is 0 Å². The molecule has 1 heterocycles. The van der Waals surface area contributed by atoms with E-state index in [9.17, 15) is 18.8 Å². The lowest BCUT2D eigenvalue weighted by atomic mass is 10.1. The summed E-state index contributed by atoms with van der Waals surface area (Å²) in [6.07, 6.45) is 1.54. The Morgan fingerprint density at radius 2 is 1.72 bits per heavy atom. The summed E-state index contributed by atoms with van der Waals surface area (Å²) >= 11 is 0.818. The van der Waals surface area contributed by atoms with Gasteiger partial charge in [0.2, 0.25) is 0 Å². The van der Waals surface area contributed by atoms with E-state index in [-0.39, 0.29) is 22.8 Å². The number of imide groups is 1. The van der Waals surface area contributed by atoms with Crippen molar-refractivity contribution in [3.63, 3.8) is 0 Å². The van der Waals surface area contributed by atoms with E-state index >= 15 is 0 Å². The number of amides is 2.